The summed E-state index contributed by atoms with van der Waals surface area (Å²) in [6.07, 6.45) is 0.150. The molecular formula is C20H21N3O4. The molecule has 1 fully saturated rings. The quantitative estimate of drug-likeness (QED) is 0.555. The largest absolute Gasteiger partial charge is 0.508 e. The lowest BCUT2D eigenvalue weighted by Gasteiger charge is -2.16. The molecule has 7 heteroatoms. The minimum atomic E-state index is -0.467. The van der Waals surface area contributed by atoms with Crippen molar-refractivity contribution in [1.29, 1.82) is 0 Å². The molecule has 0 saturated carbocycles. The highest BCUT2D eigenvalue weighted by Gasteiger charge is 2.34. The van der Waals surface area contributed by atoms with Crippen LogP contribution in [0, 0.1) is 5.92 Å². The topological polar surface area (TPSA) is 102 Å². The summed E-state index contributed by atoms with van der Waals surface area (Å²) >= 11 is 0. The molecule has 1 atom stereocenters. The summed E-state index contributed by atoms with van der Waals surface area (Å²) in [7, 11) is 0. The number of carbonyl (C=O) groups is 2. The third kappa shape index (κ3) is 4.44. The fourth-order valence-corrected chi connectivity index (χ4v) is 3.02. The molecule has 1 saturated heterocycles. The van der Waals surface area contributed by atoms with Crippen molar-refractivity contribution in [3.05, 3.63) is 59.7 Å². The summed E-state index contributed by atoms with van der Waals surface area (Å²) in [5.41, 5.74) is 4.28. The van der Waals surface area contributed by atoms with Crippen molar-refractivity contribution in [3.8, 4) is 11.5 Å². The van der Waals surface area contributed by atoms with E-state index in [1.807, 2.05) is 30.3 Å². The Balaban J connectivity index is 1.60. The highest BCUT2D eigenvalue weighted by Crippen LogP contribution is 2.23. The summed E-state index contributed by atoms with van der Waals surface area (Å²) in [5.74, 6) is -1.05. The van der Waals surface area contributed by atoms with Crippen molar-refractivity contribution >= 4 is 17.5 Å². The van der Waals surface area contributed by atoms with Crippen molar-refractivity contribution < 1.29 is 19.8 Å². The van der Waals surface area contributed by atoms with Crippen molar-refractivity contribution in [2.45, 2.75) is 19.9 Å². The fraction of sp³-hybridized carbons (Fsp3) is 0.250. The van der Waals surface area contributed by atoms with Gasteiger partial charge in [0.25, 0.3) is 0 Å². The summed E-state index contributed by atoms with van der Waals surface area (Å²) in [5, 5.41) is 23.2. The van der Waals surface area contributed by atoms with E-state index in [1.165, 1.54) is 18.2 Å². The molecule has 0 bridgehead atoms. The average molecular weight is 367 g/mol. The zero-order chi connectivity index (χ0) is 19.4. The highest BCUT2D eigenvalue weighted by atomic mass is 16.3. The van der Waals surface area contributed by atoms with Gasteiger partial charge < -0.3 is 15.1 Å². The number of amides is 2. The number of carbonyl (C=O) groups excluding carboxylic acids is 2. The van der Waals surface area contributed by atoms with Crippen LogP contribution >= 0.6 is 0 Å². The van der Waals surface area contributed by atoms with Crippen LogP contribution in [0.25, 0.3) is 0 Å². The molecule has 1 aliphatic rings. The molecule has 140 valence electrons. The maximum atomic E-state index is 12.4. The zero-order valence-corrected chi connectivity index (χ0v) is 14.9. The smallest absolute Gasteiger partial charge is 0.245 e. The summed E-state index contributed by atoms with van der Waals surface area (Å²) in [4.78, 5) is 26.2. The van der Waals surface area contributed by atoms with E-state index < -0.39 is 5.92 Å². The van der Waals surface area contributed by atoms with Crippen LogP contribution in [-0.2, 0) is 16.1 Å². The van der Waals surface area contributed by atoms with Crippen LogP contribution in [0.4, 0.5) is 0 Å². The molecule has 1 unspecified atom stereocenters. The predicted octanol–water partition coefficient (Wildman–Crippen LogP) is 1.99. The van der Waals surface area contributed by atoms with Crippen molar-refractivity contribution in [3.63, 3.8) is 0 Å². The first-order chi connectivity index (χ1) is 12.9. The number of hydrazone groups is 1. The van der Waals surface area contributed by atoms with Gasteiger partial charge in [-0.25, -0.2) is 5.43 Å². The van der Waals surface area contributed by atoms with Gasteiger partial charge in [0.2, 0.25) is 11.8 Å². The number of phenolic OH excluding ortho intramolecular Hbond substituents is 2. The van der Waals surface area contributed by atoms with E-state index in [1.54, 1.807) is 11.8 Å². The van der Waals surface area contributed by atoms with Gasteiger partial charge in [-0.1, -0.05) is 30.3 Å². The van der Waals surface area contributed by atoms with Gasteiger partial charge in [-0.2, -0.15) is 5.10 Å². The minimum Gasteiger partial charge on any atom is -0.508 e. The lowest BCUT2D eigenvalue weighted by atomic mass is 10.1. The van der Waals surface area contributed by atoms with Gasteiger partial charge in [0, 0.05) is 31.1 Å². The highest BCUT2D eigenvalue weighted by molar-refractivity contribution is 6.01. The van der Waals surface area contributed by atoms with E-state index in [0.717, 1.165) is 5.56 Å². The number of phenols is 2. The molecule has 2 aromatic carbocycles. The second kappa shape index (κ2) is 7.90. The van der Waals surface area contributed by atoms with E-state index in [2.05, 4.69) is 10.5 Å². The van der Waals surface area contributed by atoms with E-state index >= 15 is 0 Å². The van der Waals surface area contributed by atoms with E-state index in [0.29, 0.717) is 24.4 Å². The van der Waals surface area contributed by atoms with Crippen LogP contribution in [0.5, 0.6) is 11.5 Å². The first kappa shape index (κ1) is 18.4. The van der Waals surface area contributed by atoms with Crippen molar-refractivity contribution in [2.24, 2.45) is 11.0 Å². The number of hydrogen-bond donors (Lipinski definition) is 3. The van der Waals surface area contributed by atoms with Gasteiger partial charge in [-0.3, -0.25) is 9.59 Å². The van der Waals surface area contributed by atoms with Crippen LogP contribution in [0.3, 0.4) is 0 Å². The van der Waals surface area contributed by atoms with Gasteiger partial charge in [-0.05, 0) is 24.6 Å². The van der Waals surface area contributed by atoms with Gasteiger partial charge >= 0.3 is 0 Å². The molecule has 27 heavy (non-hydrogen) atoms. The Bertz CT molecular complexity index is 880. The third-order valence-electron chi connectivity index (χ3n) is 4.51. The van der Waals surface area contributed by atoms with Crippen LogP contribution in [0.1, 0.15) is 24.5 Å². The van der Waals surface area contributed by atoms with Crippen LogP contribution in [0.15, 0.2) is 53.6 Å². The van der Waals surface area contributed by atoms with E-state index in [-0.39, 0.29) is 29.7 Å². The molecular weight excluding hydrogens is 346 g/mol. The van der Waals surface area contributed by atoms with Gasteiger partial charge in [-0.15, -0.1) is 0 Å². The number of nitrogens with zero attached hydrogens (tertiary/aromatic N) is 2. The molecule has 1 aliphatic heterocycles. The van der Waals surface area contributed by atoms with E-state index in [9.17, 15) is 19.8 Å². The Morgan fingerprint density at radius 2 is 1.96 bits per heavy atom. The molecule has 2 aromatic rings. The minimum absolute atomic E-state index is 0.0592. The first-order valence-electron chi connectivity index (χ1n) is 8.62. The van der Waals surface area contributed by atoms with E-state index in [4.69, 9.17) is 0 Å². The summed E-state index contributed by atoms with van der Waals surface area (Å²) in [6, 6.07) is 13.8. The van der Waals surface area contributed by atoms with Gasteiger partial charge in [0.05, 0.1) is 11.6 Å². The molecule has 1 heterocycles. The van der Waals surface area contributed by atoms with Gasteiger partial charge in [0.1, 0.15) is 11.5 Å². The number of nitrogens with one attached hydrogen (secondary N) is 1. The fourth-order valence-electron chi connectivity index (χ4n) is 3.02. The Morgan fingerprint density at radius 3 is 2.67 bits per heavy atom. The molecule has 0 aromatic heterocycles. The standard InChI is InChI=1S/C20H21N3O4/c1-13(17-8-7-16(24)10-18(17)25)21-22-20(27)15-9-19(26)23(12-15)11-14-5-3-2-4-6-14/h2-8,10,15,24-25H,9,11-12H2,1H3,(H,22,27). The lowest BCUT2D eigenvalue weighted by molar-refractivity contribution is -0.129. The van der Waals surface area contributed by atoms with Gasteiger partial charge in [0.15, 0.2) is 0 Å². The summed E-state index contributed by atoms with van der Waals surface area (Å²) in [6.45, 7) is 2.46. The molecule has 2 amide bonds. The molecule has 0 spiro atoms. The number of hydrogen-bond acceptors (Lipinski definition) is 5. The monoisotopic (exact) mass is 367 g/mol. The average Bonchev–Trinajstić information content (AvgIpc) is 3.01. The Kier molecular flexibility index (Phi) is 5.40. The van der Waals surface area contributed by atoms with Crippen LogP contribution in [-0.4, -0.2) is 39.2 Å². The SMILES string of the molecule is CC(=NNC(=O)C1CC(=O)N(Cc2ccccc2)C1)c1ccc(O)cc1O. The number of benzene rings is 2. The molecule has 3 rings (SSSR count). The summed E-state index contributed by atoms with van der Waals surface area (Å²) < 4.78 is 0. The van der Waals surface area contributed by atoms with Crippen molar-refractivity contribution in [2.75, 3.05) is 6.54 Å². The zero-order valence-electron chi connectivity index (χ0n) is 14.9. The number of rotatable bonds is 5. The Hall–Kier alpha value is -3.35. The number of aromatic hydroxyl groups is 2. The Labute approximate surface area is 156 Å². The maximum Gasteiger partial charge on any atom is 0.245 e. The molecule has 0 aliphatic carbocycles. The normalized spacial score (nSPS) is 17.2. The predicted molar refractivity (Wildman–Crippen MR) is 100 cm³/mol. The third-order valence-corrected chi connectivity index (χ3v) is 4.51. The molecule has 3 N–H and O–H groups in total. The first-order valence-corrected chi connectivity index (χ1v) is 8.62. The number of likely N-dealkylation sites (tertiary alicyclic amines) is 1. The molecule has 0 radical (unpaired) electrons. The molecule has 7 nitrogen and oxygen atoms in total. The lowest BCUT2D eigenvalue weighted by Crippen LogP contribution is -2.30. The van der Waals surface area contributed by atoms with Crippen LogP contribution in [0.2, 0.25) is 0 Å². The maximum absolute atomic E-state index is 12.4. The Morgan fingerprint density at radius 1 is 1.22 bits per heavy atom. The second-order valence-corrected chi connectivity index (χ2v) is 6.54. The van der Waals surface area contributed by atoms with Crippen molar-refractivity contribution in [1.82, 2.24) is 10.3 Å². The second-order valence-electron chi connectivity index (χ2n) is 6.54. The van der Waals surface area contributed by atoms with Crippen LogP contribution < -0.4 is 5.43 Å².